The van der Waals surface area contributed by atoms with E-state index in [9.17, 15) is 0 Å². The van der Waals surface area contributed by atoms with Gasteiger partial charge in [-0.05, 0) is 13.8 Å². The van der Waals surface area contributed by atoms with Crippen molar-refractivity contribution in [3.05, 3.63) is 24.3 Å². The molecule has 1 radical (unpaired) electrons. The predicted molar refractivity (Wildman–Crippen MR) is 41.5 cm³/mol. The van der Waals surface area contributed by atoms with Crippen LogP contribution in [0.25, 0.3) is 0 Å². The van der Waals surface area contributed by atoms with E-state index in [1.807, 2.05) is 13.8 Å². The Hall–Kier alpha value is -0.560. The molecule has 0 saturated carbocycles. The van der Waals surface area contributed by atoms with Gasteiger partial charge in [-0.25, -0.2) is 5.32 Å². The van der Waals surface area contributed by atoms with E-state index in [1.54, 1.807) is 0 Å². The molecule has 1 nitrogen and oxygen atoms in total. The van der Waals surface area contributed by atoms with Crippen molar-refractivity contribution in [3.63, 3.8) is 0 Å². The molecule has 0 amide bonds. The van der Waals surface area contributed by atoms with Gasteiger partial charge in [0.2, 0.25) is 0 Å². The van der Waals surface area contributed by atoms with Crippen molar-refractivity contribution < 1.29 is 0 Å². The third-order valence-electron chi connectivity index (χ3n) is 0.763. The number of nitrogens with zero attached hydrogens (tertiary/aromatic N) is 1. The molecule has 0 aromatic carbocycles. The van der Waals surface area contributed by atoms with Crippen LogP contribution >= 0.6 is 0 Å². The first-order valence-electron chi connectivity index (χ1n) is 3.05. The van der Waals surface area contributed by atoms with Crippen molar-refractivity contribution in [2.24, 2.45) is 0 Å². The molecule has 1 heteroatoms. The van der Waals surface area contributed by atoms with Crippen LogP contribution < -0.4 is 5.32 Å². The smallest absolute Gasteiger partial charge is 0.0342 e. The summed E-state index contributed by atoms with van der Waals surface area (Å²) in [6.45, 7) is 12.9. The molecule has 0 unspecified atom stereocenters. The number of hydrogen-bond acceptors (Lipinski definition) is 0. The maximum absolute atomic E-state index is 4.17. The van der Waals surface area contributed by atoms with Crippen LogP contribution in [0.2, 0.25) is 0 Å². The van der Waals surface area contributed by atoms with Crippen LogP contribution in [-0.4, -0.2) is 13.1 Å². The van der Waals surface area contributed by atoms with Crippen LogP contribution in [0.4, 0.5) is 0 Å². The molecule has 51 valence electrons. The summed E-state index contributed by atoms with van der Waals surface area (Å²) in [7, 11) is 0. The lowest BCUT2D eigenvalue weighted by Crippen LogP contribution is -2.09. The Balaban J connectivity index is 3.10. The molecule has 0 atom stereocenters. The first kappa shape index (κ1) is 8.44. The number of rotatable bonds is 4. The minimum atomic E-state index is 0.771. The molecule has 0 bridgehead atoms. The lowest BCUT2D eigenvalue weighted by molar-refractivity contribution is 0.776. The van der Waals surface area contributed by atoms with Crippen molar-refractivity contribution in [1.82, 2.24) is 5.32 Å². The summed E-state index contributed by atoms with van der Waals surface area (Å²) in [6, 6.07) is 0. The molecule has 0 heterocycles. The fourth-order valence-electron chi connectivity index (χ4n) is 0.438. The molecular formula is C8H14N. The Labute approximate surface area is 57.5 Å². The van der Waals surface area contributed by atoms with E-state index in [0.29, 0.717) is 0 Å². The van der Waals surface area contributed by atoms with E-state index < -0.39 is 0 Å². The largest absolute Gasteiger partial charge is 0.233 e. The van der Waals surface area contributed by atoms with Crippen molar-refractivity contribution in [2.45, 2.75) is 13.8 Å². The lowest BCUT2D eigenvalue weighted by atomic mass is 10.3. The van der Waals surface area contributed by atoms with Gasteiger partial charge in [0, 0.05) is 13.1 Å². The predicted octanol–water partition coefficient (Wildman–Crippen LogP) is 1.74. The summed E-state index contributed by atoms with van der Waals surface area (Å²) >= 11 is 0. The quantitative estimate of drug-likeness (QED) is 0.507. The fourth-order valence-corrected chi connectivity index (χ4v) is 0.438. The van der Waals surface area contributed by atoms with Crippen LogP contribution in [0, 0.1) is 0 Å². The van der Waals surface area contributed by atoms with E-state index in [1.165, 1.54) is 0 Å². The van der Waals surface area contributed by atoms with Gasteiger partial charge in [-0.15, -0.1) is 0 Å². The van der Waals surface area contributed by atoms with E-state index in [0.717, 1.165) is 24.2 Å². The highest BCUT2D eigenvalue weighted by atomic mass is 14.8. The Morgan fingerprint density at radius 1 is 1.11 bits per heavy atom. The first-order chi connectivity index (χ1) is 4.13. The van der Waals surface area contributed by atoms with Crippen molar-refractivity contribution in [3.8, 4) is 0 Å². The first-order valence-corrected chi connectivity index (χ1v) is 3.05. The monoisotopic (exact) mass is 124 g/mol. The average Bonchev–Trinajstić information content (AvgIpc) is 1.63. The SMILES string of the molecule is C=C(C)C[N]CC(=C)C. The van der Waals surface area contributed by atoms with Crippen molar-refractivity contribution in [2.75, 3.05) is 13.1 Å². The maximum atomic E-state index is 4.17. The van der Waals surface area contributed by atoms with Crippen LogP contribution in [0.3, 0.4) is 0 Å². The normalized spacial score (nSPS) is 9.11. The zero-order chi connectivity index (χ0) is 7.28. The molecule has 0 fully saturated rings. The van der Waals surface area contributed by atoms with Crippen LogP contribution in [0.15, 0.2) is 24.3 Å². The third-order valence-corrected chi connectivity index (χ3v) is 0.763. The van der Waals surface area contributed by atoms with Gasteiger partial charge in [0.15, 0.2) is 0 Å². The summed E-state index contributed by atoms with van der Waals surface area (Å²) in [5.41, 5.74) is 2.22. The topological polar surface area (TPSA) is 14.1 Å². The zero-order valence-electron chi connectivity index (χ0n) is 6.28. The molecule has 0 aliphatic rings. The Morgan fingerprint density at radius 2 is 1.44 bits per heavy atom. The molecule has 0 aliphatic heterocycles. The lowest BCUT2D eigenvalue weighted by Gasteiger charge is -1.98. The Bertz CT molecular complexity index is 99.7. The third kappa shape index (κ3) is 7.44. The van der Waals surface area contributed by atoms with Gasteiger partial charge < -0.3 is 0 Å². The van der Waals surface area contributed by atoms with Gasteiger partial charge in [0.1, 0.15) is 0 Å². The summed E-state index contributed by atoms with van der Waals surface area (Å²) in [6.07, 6.45) is 0. The molecule has 0 aromatic rings. The minimum absolute atomic E-state index is 0.771. The Kier molecular flexibility index (Phi) is 4.06. The molecule has 0 saturated heterocycles. The Morgan fingerprint density at radius 3 is 1.67 bits per heavy atom. The van der Waals surface area contributed by atoms with Gasteiger partial charge in [0.05, 0.1) is 0 Å². The van der Waals surface area contributed by atoms with E-state index >= 15 is 0 Å². The molecule has 9 heavy (non-hydrogen) atoms. The summed E-state index contributed by atoms with van der Waals surface area (Å²) in [4.78, 5) is 0. The van der Waals surface area contributed by atoms with Gasteiger partial charge >= 0.3 is 0 Å². The van der Waals surface area contributed by atoms with Crippen LogP contribution in [0.1, 0.15) is 13.8 Å². The second-order valence-corrected chi connectivity index (χ2v) is 2.45. The summed E-state index contributed by atoms with van der Waals surface area (Å²) in [5, 5.41) is 4.17. The highest BCUT2D eigenvalue weighted by molar-refractivity contribution is 4.95. The molecule has 0 N–H and O–H groups in total. The van der Waals surface area contributed by atoms with Gasteiger partial charge in [-0.2, -0.15) is 0 Å². The fraction of sp³-hybridized carbons (Fsp3) is 0.500. The highest BCUT2D eigenvalue weighted by Gasteiger charge is 1.87. The second kappa shape index (κ2) is 4.33. The molecule has 0 spiro atoms. The van der Waals surface area contributed by atoms with Crippen molar-refractivity contribution in [1.29, 1.82) is 0 Å². The van der Waals surface area contributed by atoms with E-state index in [4.69, 9.17) is 0 Å². The van der Waals surface area contributed by atoms with Gasteiger partial charge in [-0.1, -0.05) is 24.3 Å². The molecule has 0 rings (SSSR count). The zero-order valence-corrected chi connectivity index (χ0v) is 6.28. The minimum Gasteiger partial charge on any atom is -0.233 e. The van der Waals surface area contributed by atoms with Crippen LogP contribution in [-0.2, 0) is 0 Å². The summed E-state index contributed by atoms with van der Waals surface area (Å²) < 4.78 is 0. The van der Waals surface area contributed by atoms with E-state index in [-0.39, 0.29) is 0 Å². The summed E-state index contributed by atoms with van der Waals surface area (Å²) in [5.74, 6) is 0. The van der Waals surface area contributed by atoms with Crippen molar-refractivity contribution >= 4 is 0 Å². The molecular weight excluding hydrogens is 110 g/mol. The van der Waals surface area contributed by atoms with Gasteiger partial charge in [-0.3, -0.25) is 0 Å². The van der Waals surface area contributed by atoms with Crippen LogP contribution in [0.5, 0.6) is 0 Å². The molecule has 0 aliphatic carbocycles. The average molecular weight is 124 g/mol. The second-order valence-electron chi connectivity index (χ2n) is 2.45. The standard InChI is InChI=1S/C8H14N/c1-7(2)5-9-6-8(3)4/h1,3,5-6H2,2,4H3. The maximum Gasteiger partial charge on any atom is 0.0342 e. The highest BCUT2D eigenvalue weighted by Crippen LogP contribution is 1.86. The molecule has 0 aromatic heterocycles. The number of hydrogen-bond donors (Lipinski definition) is 0. The van der Waals surface area contributed by atoms with Gasteiger partial charge in [0.25, 0.3) is 0 Å². The van der Waals surface area contributed by atoms with E-state index in [2.05, 4.69) is 18.5 Å².